The van der Waals surface area contributed by atoms with Gasteiger partial charge in [-0.1, -0.05) is 6.92 Å². The van der Waals surface area contributed by atoms with Crippen LogP contribution in [0.2, 0.25) is 0 Å². The molecular formula is C20H41N5O3. The molecule has 28 heavy (non-hydrogen) atoms. The minimum Gasteiger partial charge on any atom is -0.444 e. The first-order valence-electron chi connectivity index (χ1n) is 10.5. The highest BCUT2D eigenvalue weighted by Gasteiger charge is 2.20. The maximum absolute atomic E-state index is 12.1. The number of guanidine groups is 1. The van der Waals surface area contributed by atoms with E-state index < -0.39 is 5.60 Å². The molecule has 0 bridgehead atoms. The maximum Gasteiger partial charge on any atom is 0.410 e. The van der Waals surface area contributed by atoms with Gasteiger partial charge in [0.15, 0.2) is 5.96 Å². The van der Waals surface area contributed by atoms with E-state index in [0.717, 1.165) is 58.3 Å². The summed E-state index contributed by atoms with van der Waals surface area (Å²) in [4.78, 5) is 20.8. The third-order valence-electron chi connectivity index (χ3n) is 4.24. The van der Waals surface area contributed by atoms with E-state index in [1.54, 1.807) is 11.9 Å². The summed E-state index contributed by atoms with van der Waals surface area (Å²) in [6.45, 7) is 17.5. The molecule has 8 nitrogen and oxygen atoms in total. The largest absolute Gasteiger partial charge is 0.444 e. The number of nitrogens with zero attached hydrogens (tertiary/aromatic N) is 3. The molecule has 1 aliphatic rings. The molecule has 2 N–H and O–H groups in total. The Hall–Kier alpha value is -1.54. The summed E-state index contributed by atoms with van der Waals surface area (Å²) in [5, 5.41) is 6.68. The molecule has 1 saturated heterocycles. The van der Waals surface area contributed by atoms with Gasteiger partial charge >= 0.3 is 6.09 Å². The van der Waals surface area contributed by atoms with Gasteiger partial charge in [-0.2, -0.15) is 0 Å². The van der Waals surface area contributed by atoms with Crippen LogP contribution in [-0.2, 0) is 9.47 Å². The molecule has 1 fully saturated rings. The number of rotatable bonds is 9. The molecule has 0 saturated carbocycles. The molecule has 1 unspecified atom stereocenters. The van der Waals surface area contributed by atoms with Crippen molar-refractivity contribution < 1.29 is 14.3 Å². The van der Waals surface area contributed by atoms with Crippen LogP contribution in [0.15, 0.2) is 4.99 Å². The van der Waals surface area contributed by atoms with E-state index in [9.17, 15) is 4.79 Å². The van der Waals surface area contributed by atoms with Crippen molar-refractivity contribution in [3.63, 3.8) is 0 Å². The fourth-order valence-corrected chi connectivity index (χ4v) is 2.86. The van der Waals surface area contributed by atoms with Crippen LogP contribution in [0.25, 0.3) is 0 Å². The second kappa shape index (κ2) is 12.8. The van der Waals surface area contributed by atoms with Crippen molar-refractivity contribution in [2.75, 3.05) is 66.1 Å². The van der Waals surface area contributed by atoms with Gasteiger partial charge in [0.2, 0.25) is 0 Å². The molecule has 0 aromatic heterocycles. The third-order valence-corrected chi connectivity index (χ3v) is 4.24. The molecule has 1 atom stereocenters. The van der Waals surface area contributed by atoms with Crippen LogP contribution in [0.3, 0.4) is 0 Å². The van der Waals surface area contributed by atoms with E-state index in [4.69, 9.17) is 9.47 Å². The van der Waals surface area contributed by atoms with Crippen LogP contribution in [-0.4, -0.2) is 93.5 Å². The summed E-state index contributed by atoms with van der Waals surface area (Å²) in [6.07, 6.45) is 0.776. The van der Waals surface area contributed by atoms with Crippen LogP contribution in [0.4, 0.5) is 4.79 Å². The number of hydrogen-bond acceptors (Lipinski definition) is 5. The van der Waals surface area contributed by atoms with Crippen LogP contribution in [0, 0.1) is 5.92 Å². The lowest BCUT2D eigenvalue weighted by atomic mass is 10.2. The SMILES string of the molecule is CCNC(=NCC(C)CN(C)C(=O)OC(C)(C)C)NCCCN1CCOCC1. The number of carbonyl (C=O) groups is 1. The third kappa shape index (κ3) is 11.3. The average molecular weight is 400 g/mol. The van der Waals surface area contributed by atoms with Gasteiger partial charge < -0.3 is 25.0 Å². The summed E-state index contributed by atoms with van der Waals surface area (Å²) >= 11 is 0. The van der Waals surface area contributed by atoms with Gasteiger partial charge in [0.05, 0.1) is 13.2 Å². The van der Waals surface area contributed by atoms with Crippen molar-refractivity contribution in [3.05, 3.63) is 0 Å². The van der Waals surface area contributed by atoms with Gasteiger partial charge in [-0.05, 0) is 46.6 Å². The number of nitrogens with one attached hydrogen (secondary N) is 2. The van der Waals surface area contributed by atoms with E-state index in [2.05, 4.69) is 34.4 Å². The first-order valence-corrected chi connectivity index (χ1v) is 10.5. The number of amides is 1. The number of aliphatic imine (C=N–C) groups is 1. The van der Waals surface area contributed by atoms with E-state index >= 15 is 0 Å². The Labute approximate surface area is 171 Å². The smallest absolute Gasteiger partial charge is 0.410 e. The van der Waals surface area contributed by atoms with Crippen LogP contribution < -0.4 is 10.6 Å². The molecule has 164 valence electrons. The summed E-state index contributed by atoms with van der Waals surface area (Å²) in [5.41, 5.74) is -0.476. The second-order valence-corrected chi connectivity index (χ2v) is 8.42. The molecule has 1 aliphatic heterocycles. The highest BCUT2D eigenvalue weighted by atomic mass is 16.6. The van der Waals surface area contributed by atoms with Crippen molar-refractivity contribution in [3.8, 4) is 0 Å². The quantitative estimate of drug-likeness (QED) is 0.349. The molecule has 0 aromatic rings. The fourth-order valence-electron chi connectivity index (χ4n) is 2.86. The number of ether oxygens (including phenoxy) is 2. The summed E-state index contributed by atoms with van der Waals surface area (Å²) in [6, 6.07) is 0. The molecule has 0 aromatic carbocycles. The number of hydrogen-bond donors (Lipinski definition) is 2. The molecule has 1 heterocycles. The monoisotopic (exact) mass is 399 g/mol. The summed E-state index contributed by atoms with van der Waals surface area (Å²) in [7, 11) is 1.77. The molecule has 0 spiro atoms. The molecule has 1 amide bonds. The number of carbonyl (C=O) groups excluding carboxylic acids is 1. The maximum atomic E-state index is 12.1. The Balaban J connectivity index is 2.33. The highest BCUT2D eigenvalue weighted by molar-refractivity contribution is 5.79. The van der Waals surface area contributed by atoms with Gasteiger partial charge in [-0.25, -0.2) is 4.79 Å². The van der Waals surface area contributed by atoms with Crippen molar-refractivity contribution in [2.45, 2.75) is 46.6 Å². The second-order valence-electron chi connectivity index (χ2n) is 8.42. The highest BCUT2D eigenvalue weighted by Crippen LogP contribution is 2.10. The van der Waals surface area contributed by atoms with Crippen LogP contribution in [0.5, 0.6) is 0 Å². The van der Waals surface area contributed by atoms with E-state index in [-0.39, 0.29) is 12.0 Å². The molecule has 8 heteroatoms. The zero-order chi connectivity index (χ0) is 21.0. The Kier molecular flexibility index (Phi) is 11.2. The zero-order valence-electron chi connectivity index (χ0n) is 18.7. The van der Waals surface area contributed by atoms with Gasteiger partial charge in [0.1, 0.15) is 5.60 Å². The molecule has 1 rings (SSSR count). The predicted molar refractivity (Wildman–Crippen MR) is 114 cm³/mol. The van der Waals surface area contributed by atoms with Crippen molar-refractivity contribution in [1.29, 1.82) is 0 Å². The Morgan fingerprint density at radius 1 is 1.29 bits per heavy atom. The van der Waals surface area contributed by atoms with Gasteiger partial charge in [0, 0.05) is 46.3 Å². The average Bonchev–Trinajstić information content (AvgIpc) is 2.62. The van der Waals surface area contributed by atoms with Crippen LogP contribution in [0.1, 0.15) is 41.0 Å². The van der Waals surface area contributed by atoms with Gasteiger partial charge in [-0.3, -0.25) is 9.89 Å². The summed E-state index contributed by atoms with van der Waals surface area (Å²) < 4.78 is 10.8. The normalized spacial score (nSPS) is 17.1. The summed E-state index contributed by atoms with van der Waals surface area (Å²) in [5.74, 6) is 1.07. The lowest BCUT2D eigenvalue weighted by Gasteiger charge is -2.26. The van der Waals surface area contributed by atoms with Crippen molar-refractivity contribution >= 4 is 12.1 Å². The minimum absolute atomic E-state index is 0.237. The fraction of sp³-hybridized carbons (Fsp3) is 0.900. The van der Waals surface area contributed by atoms with Gasteiger partial charge in [-0.15, -0.1) is 0 Å². The topological polar surface area (TPSA) is 78.4 Å². The Morgan fingerprint density at radius 3 is 2.57 bits per heavy atom. The van der Waals surface area contributed by atoms with Crippen LogP contribution >= 0.6 is 0 Å². The first-order chi connectivity index (χ1) is 13.2. The van der Waals surface area contributed by atoms with Gasteiger partial charge in [0.25, 0.3) is 0 Å². The predicted octanol–water partition coefficient (Wildman–Crippen LogP) is 1.77. The standard InChI is InChI=1S/C20H41N5O3/c1-7-21-18(22-9-8-10-25-11-13-27-14-12-25)23-15-17(2)16-24(6)19(26)28-20(3,4)5/h17H,7-16H2,1-6H3,(H2,21,22,23). The Bertz CT molecular complexity index is 473. The molecule has 0 aliphatic carbocycles. The molecule has 0 radical (unpaired) electrons. The first kappa shape index (κ1) is 24.5. The van der Waals surface area contributed by atoms with E-state index in [1.165, 1.54) is 0 Å². The lowest BCUT2D eigenvalue weighted by Crippen LogP contribution is -2.41. The van der Waals surface area contributed by atoms with Crippen molar-refractivity contribution in [1.82, 2.24) is 20.4 Å². The number of morpholine rings is 1. The zero-order valence-corrected chi connectivity index (χ0v) is 18.7. The lowest BCUT2D eigenvalue weighted by molar-refractivity contribution is 0.0278. The van der Waals surface area contributed by atoms with Crippen molar-refractivity contribution in [2.24, 2.45) is 10.9 Å². The van der Waals surface area contributed by atoms with E-state index in [0.29, 0.717) is 13.1 Å². The molecular weight excluding hydrogens is 358 g/mol. The minimum atomic E-state index is -0.476. The Morgan fingerprint density at radius 2 is 1.96 bits per heavy atom. The van der Waals surface area contributed by atoms with E-state index in [1.807, 2.05) is 20.8 Å².